The molecule has 0 aromatic heterocycles. The highest BCUT2D eigenvalue weighted by atomic mass is 15.2. The second-order valence-electron chi connectivity index (χ2n) is 5.73. The Labute approximate surface area is 94.4 Å². The molecule has 0 radical (unpaired) electrons. The van der Waals surface area contributed by atoms with Gasteiger partial charge < -0.3 is 5.32 Å². The molecular formula is C13H26N2. The Kier molecular flexibility index (Phi) is 4.04. The van der Waals surface area contributed by atoms with Crippen molar-refractivity contribution in [1.29, 1.82) is 0 Å². The Hall–Kier alpha value is -0.0800. The second kappa shape index (κ2) is 5.31. The van der Waals surface area contributed by atoms with Crippen molar-refractivity contribution in [3.8, 4) is 0 Å². The Bertz CT molecular complexity index is 181. The summed E-state index contributed by atoms with van der Waals surface area (Å²) in [7, 11) is 0. The summed E-state index contributed by atoms with van der Waals surface area (Å²) in [6, 6.07) is 1.70. The molecule has 2 fully saturated rings. The Morgan fingerprint density at radius 2 is 2.00 bits per heavy atom. The monoisotopic (exact) mass is 210 g/mol. The highest BCUT2D eigenvalue weighted by Gasteiger charge is 2.30. The molecule has 1 unspecified atom stereocenters. The first-order valence-corrected chi connectivity index (χ1v) is 6.73. The summed E-state index contributed by atoms with van der Waals surface area (Å²) in [6.07, 6.45) is 7.09. The third-order valence-corrected chi connectivity index (χ3v) is 3.53. The van der Waals surface area contributed by atoms with Crippen molar-refractivity contribution in [3.63, 3.8) is 0 Å². The standard InChI is InChI=1S/C13H26N2/c1-11(2)9-15(13-6-7-13)10-12-5-3-4-8-14-12/h11-14H,3-10H2,1-2H3. The summed E-state index contributed by atoms with van der Waals surface area (Å²) >= 11 is 0. The van der Waals surface area contributed by atoms with E-state index in [0.29, 0.717) is 0 Å². The lowest BCUT2D eigenvalue weighted by molar-refractivity contribution is 0.196. The molecule has 1 aliphatic heterocycles. The summed E-state index contributed by atoms with van der Waals surface area (Å²) < 4.78 is 0. The second-order valence-corrected chi connectivity index (χ2v) is 5.73. The van der Waals surface area contributed by atoms with E-state index in [1.807, 2.05) is 0 Å². The van der Waals surface area contributed by atoms with Gasteiger partial charge in [0.25, 0.3) is 0 Å². The van der Waals surface area contributed by atoms with Crippen LogP contribution in [0.1, 0.15) is 46.0 Å². The van der Waals surface area contributed by atoms with Crippen LogP contribution in [-0.4, -0.2) is 36.6 Å². The van der Waals surface area contributed by atoms with Crippen molar-refractivity contribution in [2.24, 2.45) is 5.92 Å². The van der Waals surface area contributed by atoms with Gasteiger partial charge in [0.1, 0.15) is 0 Å². The topological polar surface area (TPSA) is 15.3 Å². The molecule has 1 heterocycles. The molecule has 1 N–H and O–H groups in total. The third-order valence-electron chi connectivity index (χ3n) is 3.53. The van der Waals surface area contributed by atoms with Crippen LogP contribution in [0.5, 0.6) is 0 Å². The van der Waals surface area contributed by atoms with Crippen molar-refractivity contribution >= 4 is 0 Å². The van der Waals surface area contributed by atoms with Crippen LogP contribution in [0.3, 0.4) is 0 Å². The van der Waals surface area contributed by atoms with Gasteiger partial charge in [0.05, 0.1) is 0 Å². The van der Waals surface area contributed by atoms with Crippen molar-refractivity contribution < 1.29 is 0 Å². The van der Waals surface area contributed by atoms with E-state index in [9.17, 15) is 0 Å². The van der Waals surface area contributed by atoms with Crippen LogP contribution in [0.2, 0.25) is 0 Å². The van der Waals surface area contributed by atoms with E-state index in [1.54, 1.807) is 0 Å². The van der Waals surface area contributed by atoms with Crippen molar-refractivity contribution in [2.45, 2.75) is 58.0 Å². The Morgan fingerprint density at radius 3 is 2.53 bits per heavy atom. The SMILES string of the molecule is CC(C)CN(CC1CCCCN1)C1CC1. The average molecular weight is 210 g/mol. The minimum atomic E-state index is 0.776. The van der Waals surface area contributed by atoms with Gasteiger partial charge in [-0.05, 0) is 38.1 Å². The van der Waals surface area contributed by atoms with Crippen LogP contribution in [-0.2, 0) is 0 Å². The van der Waals surface area contributed by atoms with E-state index in [-0.39, 0.29) is 0 Å². The van der Waals surface area contributed by atoms with Gasteiger partial charge in [-0.1, -0.05) is 20.3 Å². The number of nitrogens with one attached hydrogen (secondary N) is 1. The van der Waals surface area contributed by atoms with Gasteiger partial charge in [-0.15, -0.1) is 0 Å². The molecule has 0 aromatic rings. The first-order chi connectivity index (χ1) is 7.25. The normalized spacial score (nSPS) is 27.6. The lowest BCUT2D eigenvalue weighted by Gasteiger charge is -2.31. The molecule has 0 amide bonds. The van der Waals surface area contributed by atoms with Gasteiger partial charge in [0.15, 0.2) is 0 Å². The molecule has 1 saturated heterocycles. The van der Waals surface area contributed by atoms with Crippen molar-refractivity contribution in [3.05, 3.63) is 0 Å². The number of piperidine rings is 1. The highest BCUT2D eigenvalue weighted by molar-refractivity contribution is 4.88. The average Bonchev–Trinajstić information content (AvgIpc) is 3.01. The fourth-order valence-corrected chi connectivity index (χ4v) is 2.64. The lowest BCUT2D eigenvalue weighted by atomic mass is 10.0. The largest absolute Gasteiger partial charge is 0.313 e. The molecule has 1 atom stereocenters. The number of hydrogen-bond acceptors (Lipinski definition) is 2. The Morgan fingerprint density at radius 1 is 1.20 bits per heavy atom. The van der Waals surface area contributed by atoms with Crippen molar-refractivity contribution in [1.82, 2.24) is 10.2 Å². The molecule has 2 heteroatoms. The summed E-state index contributed by atoms with van der Waals surface area (Å²) in [5.41, 5.74) is 0. The van der Waals surface area contributed by atoms with Crippen LogP contribution < -0.4 is 5.32 Å². The minimum Gasteiger partial charge on any atom is -0.313 e. The van der Waals surface area contributed by atoms with E-state index in [4.69, 9.17) is 0 Å². The van der Waals surface area contributed by atoms with E-state index in [1.165, 1.54) is 51.7 Å². The molecular weight excluding hydrogens is 184 g/mol. The number of rotatable bonds is 5. The first kappa shape index (κ1) is 11.4. The van der Waals surface area contributed by atoms with Gasteiger partial charge in [0, 0.05) is 25.2 Å². The predicted octanol–water partition coefficient (Wildman–Crippen LogP) is 2.25. The van der Waals surface area contributed by atoms with E-state index < -0.39 is 0 Å². The van der Waals surface area contributed by atoms with Crippen LogP contribution in [0.15, 0.2) is 0 Å². The van der Waals surface area contributed by atoms with Crippen molar-refractivity contribution in [2.75, 3.05) is 19.6 Å². The molecule has 1 aliphatic carbocycles. The molecule has 2 nitrogen and oxygen atoms in total. The molecule has 88 valence electrons. The molecule has 2 rings (SSSR count). The zero-order valence-corrected chi connectivity index (χ0v) is 10.3. The van der Waals surface area contributed by atoms with E-state index in [2.05, 4.69) is 24.1 Å². The molecule has 1 saturated carbocycles. The summed E-state index contributed by atoms with van der Waals surface area (Å²) in [5, 5.41) is 3.66. The first-order valence-electron chi connectivity index (χ1n) is 6.73. The third kappa shape index (κ3) is 3.76. The zero-order chi connectivity index (χ0) is 10.7. The summed E-state index contributed by atoms with van der Waals surface area (Å²) in [6.45, 7) is 8.50. The molecule has 0 aromatic carbocycles. The quantitative estimate of drug-likeness (QED) is 0.749. The van der Waals surface area contributed by atoms with Crippen LogP contribution >= 0.6 is 0 Å². The number of hydrogen-bond donors (Lipinski definition) is 1. The minimum absolute atomic E-state index is 0.776. The van der Waals surface area contributed by atoms with E-state index in [0.717, 1.165) is 18.0 Å². The van der Waals surface area contributed by atoms with Gasteiger partial charge >= 0.3 is 0 Å². The zero-order valence-electron chi connectivity index (χ0n) is 10.3. The fourth-order valence-electron chi connectivity index (χ4n) is 2.64. The van der Waals surface area contributed by atoms with Gasteiger partial charge in [0.2, 0.25) is 0 Å². The number of nitrogens with zero attached hydrogens (tertiary/aromatic N) is 1. The Balaban J connectivity index is 1.77. The molecule has 0 spiro atoms. The fraction of sp³-hybridized carbons (Fsp3) is 1.00. The van der Waals surface area contributed by atoms with Crippen LogP contribution in [0, 0.1) is 5.92 Å². The maximum Gasteiger partial charge on any atom is 0.0195 e. The smallest absolute Gasteiger partial charge is 0.0195 e. The molecule has 2 aliphatic rings. The maximum absolute atomic E-state index is 3.66. The van der Waals surface area contributed by atoms with Gasteiger partial charge in [-0.2, -0.15) is 0 Å². The lowest BCUT2D eigenvalue weighted by Crippen LogP contribution is -2.45. The molecule has 15 heavy (non-hydrogen) atoms. The van der Waals surface area contributed by atoms with Crippen LogP contribution in [0.4, 0.5) is 0 Å². The van der Waals surface area contributed by atoms with Gasteiger partial charge in [-0.3, -0.25) is 4.90 Å². The summed E-state index contributed by atoms with van der Waals surface area (Å²) in [4.78, 5) is 2.73. The predicted molar refractivity (Wildman–Crippen MR) is 65.1 cm³/mol. The maximum atomic E-state index is 3.66. The highest BCUT2D eigenvalue weighted by Crippen LogP contribution is 2.28. The molecule has 0 bridgehead atoms. The summed E-state index contributed by atoms with van der Waals surface area (Å²) in [5.74, 6) is 0.814. The van der Waals surface area contributed by atoms with E-state index >= 15 is 0 Å². The van der Waals surface area contributed by atoms with Gasteiger partial charge in [-0.25, -0.2) is 0 Å². The van der Waals surface area contributed by atoms with Crippen LogP contribution in [0.25, 0.3) is 0 Å².